The summed E-state index contributed by atoms with van der Waals surface area (Å²) in [5, 5.41) is 4.67. The van der Waals surface area contributed by atoms with Crippen molar-refractivity contribution in [2.75, 3.05) is 31.1 Å². The first-order valence-corrected chi connectivity index (χ1v) is 8.38. The molecule has 1 N–H and O–H groups in total. The van der Waals surface area contributed by atoms with Crippen LogP contribution in [0.25, 0.3) is 10.9 Å². The fourth-order valence-electron chi connectivity index (χ4n) is 2.71. The predicted octanol–water partition coefficient (Wildman–Crippen LogP) is 3.54. The number of benzene rings is 1. The van der Waals surface area contributed by atoms with Gasteiger partial charge in [-0.15, -0.1) is 11.8 Å². The average Bonchev–Trinajstić information content (AvgIpc) is 2.45. The third-order valence-electron chi connectivity index (χ3n) is 3.57. The second kappa shape index (κ2) is 5.85. The maximum Gasteiger partial charge on any atom is 0.0733 e. The Balaban J connectivity index is 1.96. The molecular formula is C17H23N3S. The molecule has 1 aliphatic rings. The summed E-state index contributed by atoms with van der Waals surface area (Å²) in [6.45, 7) is 11.0. The Hall–Kier alpha value is -1.26. The van der Waals surface area contributed by atoms with Crippen molar-refractivity contribution in [2.45, 2.75) is 30.4 Å². The summed E-state index contributed by atoms with van der Waals surface area (Å²) in [6.07, 6.45) is 1.94. The zero-order valence-corrected chi connectivity index (χ0v) is 13.8. The first-order chi connectivity index (χ1) is 10.0. The Labute approximate surface area is 131 Å². The summed E-state index contributed by atoms with van der Waals surface area (Å²) < 4.78 is 0.226. The number of hydrogen-bond donors (Lipinski definition) is 1. The molecule has 0 radical (unpaired) electrons. The Bertz CT molecular complexity index is 627. The summed E-state index contributed by atoms with van der Waals surface area (Å²) >= 11 is 1.89. The van der Waals surface area contributed by atoms with Crippen LogP contribution in [0.15, 0.2) is 35.4 Å². The van der Waals surface area contributed by atoms with Gasteiger partial charge < -0.3 is 10.2 Å². The van der Waals surface area contributed by atoms with E-state index in [9.17, 15) is 0 Å². The molecule has 0 unspecified atom stereocenters. The van der Waals surface area contributed by atoms with E-state index in [4.69, 9.17) is 0 Å². The van der Waals surface area contributed by atoms with Gasteiger partial charge in [-0.25, -0.2) is 0 Å². The van der Waals surface area contributed by atoms with Crippen LogP contribution in [-0.2, 0) is 0 Å². The average molecular weight is 301 g/mol. The van der Waals surface area contributed by atoms with Gasteiger partial charge in [0, 0.05) is 53.1 Å². The second-order valence-corrected chi connectivity index (χ2v) is 8.36. The smallest absolute Gasteiger partial charge is 0.0733 e. The monoisotopic (exact) mass is 301 g/mol. The number of nitrogens with zero attached hydrogens (tertiary/aromatic N) is 2. The van der Waals surface area contributed by atoms with Crippen LogP contribution in [0.1, 0.15) is 20.8 Å². The molecule has 0 amide bonds. The van der Waals surface area contributed by atoms with Crippen molar-refractivity contribution in [1.29, 1.82) is 0 Å². The van der Waals surface area contributed by atoms with Gasteiger partial charge >= 0.3 is 0 Å². The maximum atomic E-state index is 4.57. The molecule has 3 nitrogen and oxygen atoms in total. The van der Waals surface area contributed by atoms with Crippen LogP contribution in [0.5, 0.6) is 0 Å². The van der Waals surface area contributed by atoms with Gasteiger partial charge in [-0.1, -0.05) is 20.8 Å². The predicted molar refractivity (Wildman–Crippen MR) is 92.4 cm³/mol. The van der Waals surface area contributed by atoms with E-state index < -0.39 is 0 Å². The first-order valence-electron chi connectivity index (χ1n) is 7.56. The lowest BCUT2D eigenvalue weighted by molar-refractivity contribution is 0.590. The van der Waals surface area contributed by atoms with Gasteiger partial charge in [-0.3, -0.25) is 4.98 Å². The number of pyridine rings is 1. The molecule has 1 aliphatic heterocycles. The van der Waals surface area contributed by atoms with E-state index in [1.165, 1.54) is 16.0 Å². The molecule has 3 rings (SSSR count). The Morgan fingerprint density at radius 1 is 1.14 bits per heavy atom. The molecule has 4 heteroatoms. The van der Waals surface area contributed by atoms with Crippen LogP contribution in [0.3, 0.4) is 0 Å². The Morgan fingerprint density at radius 3 is 2.62 bits per heavy atom. The molecule has 0 atom stereocenters. The zero-order valence-electron chi connectivity index (χ0n) is 13.0. The van der Waals surface area contributed by atoms with Crippen LogP contribution in [-0.4, -0.2) is 35.9 Å². The summed E-state index contributed by atoms with van der Waals surface area (Å²) in [4.78, 5) is 8.32. The highest BCUT2D eigenvalue weighted by Crippen LogP contribution is 2.35. The quantitative estimate of drug-likeness (QED) is 0.859. The lowest BCUT2D eigenvalue weighted by atomic mass is 10.1. The van der Waals surface area contributed by atoms with Crippen molar-refractivity contribution >= 4 is 28.4 Å². The Morgan fingerprint density at radius 2 is 1.90 bits per heavy atom. The van der Waals surface area contributed by atoms with E-state index >= 15 is 0 Å². The molecule has 1 aromatic heterocycles. The molecule has 1 aromatic carbocycles. The molecule has 0 aliphatic carbocycles. The van der Waals surface area contributed by atoms with Crippen LogP contribution < -0.4 is 10.2 Å². The number of thioether (sulfide) groups is 1. The Kier molecular flexibility index (Phi) is 4.09. The van der Waals surface area contributed by atoms with Crippen molar-refractivity contribution in [1.82, 2.24) is 10.3 Å². The van der Waals surface area contributed by atoms with E-state index in [2.05, 4.69) is 60.2 Å². The normalized spacial score (nSPS) is 16.4. The number of hydrogen-bond acceptors (Lipinski definition) is 4. The standard InChI is InChI=1S/C17H23N3S/c1-17(2,3)21-13-4-5-14-15(12-13)19-7-6-16(14)20-10-8-18-9-11-20/h4-7,12,18H,8-11H2,1-3H3. The molecule has 1 saturated heterocycles. The molecule has 0 bridgehead atoms. The van der Waals surface area contributed by atoms with Gasteiger partial charge in [0.25, 0.3) is 0 Å². The molecule has 1 fully saturated rings. The number of fused-ring (bicyclic) bond motifs is 1. The first kappa shape index (κ1) is 14.7. The highest BCUT2D eigenvalue weighted by molar-refractivity contribution is 8.00. The highest BCUT2D eigenvalue weighted by Gasteiger charge is 2.15. The van der Waals surface area contributed by atoms with Gasteiger partial charge in [0.2, 0.25) is 0 Å². The van der Waals surface area contributed by atoms with Crippen molar-refractivity contribution in [3.05, 3.63) is 30.5 Å². The fraction of sp³-hybridized carbons (Fsp3) is 0.471. The van der Waals surface area contributed by atoms with E-state index in [0.717, 1.165) is 31.7 Å². The van der Waals surface area contributed by atoms with Crippen LogP contribution in [0, 0.1) is 0 Å². The molecule has 2 heterocycles. The number of aromatic nitrogens is 1. The largest absolute Gasteiger partial charge is 0.368 e. The maximum absolute atomic E-state index is 4.57. The lowest BCUT2D eigenvalue weighted by Gasteiger charge is -2.30. The van der Waals surface area contributed by atoms with E-state index in [-0.39, 0.29) is 4.75 Å². The molecule has 21 heavy (non-hydrogen) atoms. The second-order valence-electron chi connectivity index (χ2n) is 6.46. The minimum absolute atomic E-state index is 0.226. The summed E-state index contributed by atoms with van der Waals surface area (Å²) in [5.74, 6) is 0. The SMILES string of the molecule is CC(C)(C)Sc1ccc2c(N3CCNCC3)ccnc2c1. The van der Waals surface area contributed by atoms with Crippen molar-refractivity contribution < 1.29 is 0 Å². The number of anilines is 1. The van der Waals surface area contributed by atoms with E-state index in [1.54, 1.807) is 0 Å². The van der Waals surface area contributed by atoms with Crippen LogP contribution in [0.2, 0.25) is 0 Å². The molecule has 2 aromatic rings. The van der Waals surface area contributed by atoms with Gasteiger partial charge in [-0.2, -0.15) is 0 Å². The van der Waals surface area contributed by atoms with Gasteiger partial charge in [0.15, 0.2) is 0 Å². The number of rotatable bonds is 2. The molecule has 0 spiro atoms. The summed E-state index contributed by atoms with van der Waals surface area (Å²) in [7, 11) is 0. The zero-order chi connectivity index (χ0) is 14.9. The van der Waals surface area contributed by atoms with Crippen molar-refractivity contribution in [2.24, 2.45) is 0 Å². The molecule has 0 saturated carbocycles. The number of piperazine rings is 1. The fourth-order valence-corrected chi connectivity index (χ4v) is 3.73. The van der Waals surface area contributed by atoms with Crippen molar-refractivity contribution in [3.63, 3.8) is 0 Å². The summed E-state index contributed by atoms with van der Waals surface area (Å²) in [6, 6.07) is 8.82. The van der Waals surface area contributed by atoms with Crippen LogP contribution >= 0.6 is 11.8 Å². The van der Waals surface area contributed by atoms with Gasteiger partial charge in [0.1, 0.15) is 0 Å². The molecule has 112 valence electrons. The summed E-state index contributed by atoms with van der Waals surface area (Å²) in [5.41, 5.74) is 2.41. The third-order valence-corrected chi connectivity index (χ3v) is 4.67. The van der Waals surface area contributed by atoms with Gasteiger partial charge in [0.05, 0.1) is 5.52 Å². The van der Waals surface area contributed by atoms with Crippen molar-refractivity contribution in [3.8, 4) is 0 Å². The third kappa shape index (κ3) is 3.50. The van der Waals surface area contributed by atoms with Crippen LogP contribution in [0.4, 0.5) is 5.69 Å². The van der Waals surface area contributed by atoms with E-state index in [1.807, 2.05) is 18.0 Å². The minimum Gasteiger partial charge on any atom is -0.368 e. The highest BCUT2D eigenvalue weighted by atomic mass is 32.2. The number of nitrogens with one attached hydrogen (secondary N) is 1. The van der Waals surface area contributed by atoms with Gasteiger partial charge in [-0.05, 0) is 24.3 Å². The minimum atomic E-state index is 0.226. The lowest BCUT2D eigenvalue weighted by Crippen LogP contribution is -2.43. The topological polar surface area (TPSA) is 28.2 Å². The van der Waals surface area contributed by atoms with E-state index in [0.29, 0.717) is 0 Å². The molecular weight excluding hydrogens is 278 g/mol.